The first-order valence-electron chi connectivity index (χ1n) is 11.3. The van der Waals surface area contributed by atoms with Gasteiger partial charge in [-0.3, -0.25) is 14.3 Å². The van der Waals surface area contributed by atoms with Gasteiger partial charge in [0.25, 0.3) is 5.56 Å². The van der Waals surface area contributed by atoms with Crippen LogP contribution >= 0.6 is 0 Å². The van der Waals surface area contributed by atoms with Crippen molar-refractivity contribution in [3.8, 4) is 11.4 Å². The third-order valence-electron chi connectivity index (χ3n) is 5.49. The smallest absolute Gasteiger partial charge is 0.408 e. The zero-order chi connectivity index (χ0) is 25.9. The van der Waals surface area contributed by atoms with Gasteiger partial charge in [-0.2, -0.15) is 0 Å². The maximum Gasteiger partial charge on any atom is 0.408 e. The molecule has 10 heteroatoms. The van der Waals surface area contributed by atoms with Crippen LogP contribution in [-0.4, -0.2) is 50.9 Å². The molecule has 35 heavy (non-hydrogen) atoms. The van der Waals surface area contributed by atoms with E-state index in [9.17, 15) is 19.5 Å². The van der Waals surface area contributed by atoms with Crippen LogP contribution in [0.2, 0.25) is 0 Å². The molecule has 3 amide bonds. The Morgan fingerprint density at radius 1 is 1.20 bits per heavy atom. The van der Waals surface area contributed by atoms with Crippen molar-refractivity contribution in [1.82, 2.24) is 19.8 Å². The van der Waals surface area contributed by atoms with E-state index in [0.29, 0.717) is 29.2 Å². The van der Waals surface area contributed by atoms with Crippen molar-refractivity contribution in [2.75, 3.05) is 19.0 Å². The van der Waals surface area contributed by atoms with Gasteiger partial charge in [0.05, 0.1) is 24.4 Å². The van der Waals surface area contributed by atoms with Crippen molar-refractivity contribution in [2.45, 2.75) is 46.2 Å². The lowest BCUT2D eigenvalue weighted by Crippen LogP contribution is -2.47. The predicted molar refractivity (Wildman–Crippen MR) is 135 cm³/mol. The molecule has 3 N–H and O–H groups in total. The van der Waals surface area contributed by atoms with Crippen molar-refractivity contribution in [1.29, 1.82) is 0 Å². The van der Waals surface area contributed by atoms with Crippen LogP contribution < -0.4 is 20.9 Å². The van der Waals surface area contributed by atoms with Crippen molar-refractivity contribution in [2.24, 2.45) is 0 Å². The summed E-state index contributed by atoms with van der Waals surface area (Å²) in [7, 11) is 1.47. The normalized spacial score (nSPS) is 12.2. The highest BCUT2D eigenvalue weighted by atomic mass is 16.5. The molecule has 1 atom stereocenters. The van der Waals surface area contributed by atoms with Crippen molar-refractivity contribution in [3.63, 3.8) is 0 Å². The molecule has 10 nitrogen and oxygen atoms in total. The van der Waals surface area contributed by atoms with Gasteiger partial charge in [-0.15, -0.1) is 0 Å². The second-order valence-corrected chi connectivity index (χ2v) is 9.00. The molecule has 0 aliphatic rings. The molecule has 0 aliphatic carbocycles. The zero-order valence-corrected chi connectivity index (χ0v) is 20.7. The highest BCUT2D eigenvalue weighted by Crippen LogP contribution is 2.30. The van der Waals surface area contributed by atoms with Gasteiger partial charge in [-0.25, -0.2) is 14.6 Å². The summed E-state index contributed by atoms with van der Waals surface area (Å²) >= 11 is 0. The Kier molecular flexibility index (Phi) is 7.33. The van der Waals surface area contributed by atoms with Crippen LogP contribution in [0.5, 0.6) is 5.75 Å². The highest BCUT2D eigenvalue weighted by Gasteiger charge is 2.34. The lowest BCUT2D eigenvalue weighted by Gasteiger charge is -2.38. The summed E-state index contributed by atoms with van der Waals surface area (Å²) in [5.41, 5.74) is 0.0985. The van der Waals surface area contributed by atoms with E-state index in [-0.39, 0.29) is 17.2 Å². The molecule has 0 fully saturated rings. The molecule has 2 aromatic carbocycles. The molecule has 0 bridgehead atoms. The predicted octanol–water partition coefficient (Wildman–Crippen LogP) is 4.38. The van der Waals surface area contributed by atoms with E-state index >= 15 is 0 Å². The molecule has 0 unspecified atom stereocenters. The molecular weight excluding hydrogens is 450 g/mol. The lowest BCUT2D eigenvalue weighted by molar-refractivity contribution is 0.0719. The molecular formula is C25H31N5O5. The first kappa shape index (κ1) is 25.5. The number of urea groups is 1. The molecule has 3 aromatic rings. The molecule has 0 saturated carbocycles. The van der Waals surface area contributed by atoms with E-state index < -0.39 is 23.2 Å². The third-order valence-corrected chi connectivity index (χ3v) is 5.49. The summed E-state index contributed by atoms with van der Waals surface area (Å²) in [6.07, 6.45) is -1.14. The van der Waals surface area contributed by atoms with Gasteiger partial charge in [0, 0.05) is 17.8 Å². The molecule has 186 valence electrons. The minimum absolute atomic E-state index is 0.239. The van der Waals surface area contributed by atoms with Gasteiger partial charge in [0.2, 0.25) is 0 Å². The Morgan fingerprint density at radius 2 is 1.89 bits per heavy atom. The number of hydrogen-bond donors (Lipinski definition) is 3. The maximum absolute atomic E-state index is 13.9. The largest absolute Gasteiger partial charge is 0.496 e. The Hall–Kier alpha value is -4.08. The number of methoxy groups -OCH3 is 1. The lowest BCUT2D eigenvalue weighted by atomic mass is 10.0. The topological polar surface area (TPSA) is 126 Å². The van der Waals surface area contributed by atoms with E-state index in [0.717, 1.165) is 0 Å². The first-order chi connectivity index (χ1) is 16.5. The Morgan fingerprint density at radius 3 is 2.49 bits per heavy atom. The fourth-order valence-corrected chi connectivity index (χ4v) is 4.12. The number of fused-ring (bicyclic) bond motifs is 1. The van der Waals surface area contributed by atoms with Crippen LogP contribution in [0.15, 0.2) is 47.3 Å². The number of hydrogen-bond acceptors (Lipinski definition) is 5. The van der Waals surface area contributed by atoms with Crippen molar-refractivity contribution >= 4 is 28.7 Å². The number of nitrogens with zero attached hydrogens (tertiary/aromatic N) is 3. The third kappa shape index (κ3) is 5.21. The number of aromatic nitrogens is 2. The summed E-state index contributed by atoms with van der Waals surface area (Å²) in [4.78, 5) is 44.2. The van der Waals surface area contributed by atoms with E-state index in [2.05, 4.69) is 10.6 Å². The Balaban J connectivity index is 2.32. The van der Waals surface area contributed by atoms with Gasteiger partial charge in [-0.1, -0.05) is 12.1 Å². The Labute approximate surface area is 203 Å². The Bertz CT molecular complexity index is 1310. The monoisotopic (exact) mass is 481 g/mol. The van der Waals surface area contributed by atoms with Crippen LogP contribution in [0, 0.1) is 0 Å². The summed E-state index contributed by atoms with van der Waals surface area (Å²) in [6.45, 7) is 9.29. The number of nitrogens with one attached hydrogen (secondary N) is 2. The van der Waals surface area contributed by atoms with E-state index in [1.807, 2.05) is 0 Å². The standard InChI is InChI=1S/C25H31N5O5/c1-7-26-23(32)27-16-10-8-11-17(14-16)29-21(15(2)30(24(33)34)25(3,4)5)28-18-12-9-13-19(35-6)20(18)22(29)31/h8-15H,7H2,1-6H3,(H,33,34)(H2,26,27,32)/t15-/m0/s1. The van der Waals surface area contributed by atoms with Gasteiger partial charge in [0.1, 0.15) is 17.0 Å². The number of anilines is 1. The molecule has 1 heterocycles. The average molecular weight is 482 g/mol. The fraction of sp³-hybridized carbons (Fsp3) is 0.360. The van der Waals surface area contributed by atoms with E-state index in [4.69, 9.17) is 9.72 Å². The fourth-order valence-electron chi connectivity index (χ4n) is 4.12. The molecule has 1 aromatic heterocycles. The molecule has 0 spiro atoms. The average Bonchev–Trinajstić information content (AvgIpc) is 2.77. The van der Waals surface area contributed by atoms with Crippen LogP contribution in [0.4, 0.5) is 15.3 Å². The molecule has 3 rings (SSSR count). The number of benzene rings is 2. The van der Waals surface area contributed by atoms with Crippen LogP contribution in [0.1, 0.15) is 46.5 Å². The number of rotatable bonds is 6. The summed E-state index contributed by atoms with van der Waals surface area (Å²) in [5, 5.41) is 15.7. The molecule has 0 aliphatic heterocycles. The van der Waals surface area contributed by atoms with Gasteiger partial charge in [-0.05, 0) is 65.0 Å². The maximum atomic E-state index is 13.9. The summed E-state index contributed by atoms with van der Waals surface area (Å²) in [6, 6.07) is 10.7. The molecule has 0 saturated heterocycles. The van der Waals surface area contributed by atoms with Crippen molar-refractivity contribution in [3.05, 3.63) is 58.6 Å². The van der Waals surface area contributed by atoms with Gasteiger partial charge in [0.15, 0.2) is 0 Å². The molecule has 0 radical (unpaired) electrons. The van der Waals surface area contributed by atoms with Crippen LogP contribution in [-0.2, 0) is 0 Å². The number of amides is 3. The summed E-state index contributed by atoms with van der Waals surface area (Å²) in [5.74, 6) is 0.596. The van der Waals surface area contributed by atoms with Crippen LogP contribution in [0.3, 0.4) is 0 Å². The van der Waals surface area contributed by atoms with E-state index in [1.54, 1.807) is 77.1 Å². The number of carbonyl (C=O) groups excluding carboxylic acids is 1. The minimum Gasteiger partial charge on any atom is -0.496 e. The van der Waals surface area contributed by atoms with E-state index in [1.165, 1.54) is 16.6 Å². The number of ether oxygens (including phenoxy) is 1. The van der Waals surface area contributed by atoms with Gasteiger partial charge >= 0.3 is 12.1 Å². The van der Waals surface area contributed by atoms with Crippen molar-refractivity contribution < 1.29 is 19.4 Å². The first-order valence-corrected chi connectivity index (χ1v) is 11.3. The minimum atomic E-state index is -1.14. The SMILES string of the molecule is CCNC(=O)Nc1cccc(-n2c([C@H](C)N(C(=O)O)C(C)(C)C)nc3cccc(OC)c3c2=O)c1. The highest BCUT2D eigenvalue weighted by molar-refractivity contribution is 5.89. The van der Waals surface area contributed by atoms with Crippen LogP contribution in [0.25, 0.3) is 16.6 Å². The quantitative estimate of drug-likeness (QED) is 0.480. The number of carbonyl (C=O) groups is 2. The second-order valence-electron chi connectivity index (χ2n) is 9.00. The second kappa shape index (κ2) is 10.0. The number of carboxylic acid groups (broad SMARTS) is 1. The zero-order valence-electron chi connectivity index (χ0n) is 20.7. The summed E-state index contributed by atoms with van der Waals surface area (Å²) < 4.78 is 6.79. The van der Waals surface area contributed by atoms with Gasteiger partial charge < -0.3 is 20.5 Å².